The summed E-state index contributed by atoms with van der Waals surface area (Å²) in [6.45, 7) is 3.72. The van der Waals surface area contributed by atoms with Gasteiger partial charge in [0.2, 0.25) is 0 Å². The van der Waals surface area contributed by atoms with Gasteiger partial charge in [0, 0.05) is 12.5 Å². The second-order valence-electron chi connectivity index (χ2n) is 4.42. The maximum atomic E-state index is 5.58. The molecule has 0 radical (unpaired) electrons. The van der Waals surface area contributed by atoms with E-state index in [1.54, 1.807) is 0 Å². The third-order valence-electron chi connectivity index (χ3n) is 3.45. The highest BCUT2D eigenvalue weighted by Gasteiger charge is 2.23. The van der Waals surface area contributed by atoms with E-state index in [9.17, 15) is 0 Å². The topological polar surface area (TPSA) is 9.23 Å². The molecule has 82 valence electrons. The first kappa shape index (κ1) is 9.86. The summed E-state index contributed by atoms with van der Waals surface area (Å²) in [5.41, 5.74) is 2.96. The summed E-state index contributed by atoms with van der Waals surface area (Å²) < 4.78 is 5.58. The van der Waals surface area contributed by atoms with E-state index in [2.05, 4.69) is 43.3 Å². The molecule has 0 fully saturated rings. The lowest BCUT2D eigenvalue weighted by Crippen LogP contribution is -2.06. The molecule has 2 aromatic rings. The Bertz CT molecular complexity index is 511. The molecule has 1 nitrogen and oxygen atoms in total. The number of benzene rings is 2. The second-order valence-corrected chi connectivity index (χ2v) is 4.42. The van der Waals surface area contributed by atoms with Crippen LogP contribution < -0.4 is 0 Å². The quantitative estimate of drug-likeness (QED) is 0.756. The summed E-state index contributed by atoms with van der Waals surface area (Å²) in [6, 6.07) is 13.2. The molecule has 0 amide bonds. The Hall–Kier alpha value is -1.34. The van der Waals surface area contributed by atoms with E-state index in [1.807, 2.05) is 0 Å². The van der Waals surface area contributed by atoms with Crippen LogP contribution in [0.1, 0.15) is 24.0 Å². The first-order valence-corrected chi connectivity index (χ1v) is 5.98. The van der Waals surface area contributed by atoms with Crippen molar-refractivity contribution in [2.24, 2.45) is 0 Å². The molecular weight excluding hydrogens is 196 g/mol. The maximum Gasteiger partial charge on any atom is 0.0538 e. The Morgan fingerprint density at radius 1 is 1.19 bits per heavy atom. The van der Waals surface area contributed by atoms with E-state index in [1.165, 1.54) is 21.9 Å². The zero-order valence-electron chi connectivity index (χ0n) is 9.57. The molecule has 0 saturated carbocycles. The van der Waals surface area contributed by atoms with Gasteiger partial charge in [0.05, 0.1) is 6.61 Å². The summed E-state index contributed by atoms with van der Waals surface area (Å²) in [5.74, 6) is 0.557. The molecule has 0 N–H and O–H groups in total. The van der Waals surface area contributed by atoms with E-state index < -0.39 is 0 Å². The van der Waals surface area contributed by atoms with Crippen LogP contribution >= 0.6 is 0 Å². The van der Waals surface area contributed by atoms with Crippen molar-refractivity contribution in [2.75, 3.05) is 13.2 Å². The minimum Gasteiger partial charge on any atom is -0.381 e. The van der Waals surface area contributed by atoms with Crippen molar-refractivity contribution in [3.8, 4) is 0 Å². The van der Waals surface area contributed by atoms with Crippen LogP contribution in [0.15, 0.2) is 36.4 Å². The second kappa shape index (κ2) is 3.91. The van der Waals surface area contributed by atoms with Gasteiger partial charge in [-0.15, -0.1) is 0 Å². The predicted octanol–water partition coefficient (Wildman–Crippen LogP) is 3.52. The molecule has 0 bridgehead atoms. The first-order chi connectivity index (χ1) is 7.90. The summed E-state index contributed by atoms with van der Waals surface area (Å²) in [7, 11) is 0. The molecule has 0 saturated heterocycles. The summed E-state index contributed by atoms with van der Waals surface area (Å²) in [5, 5.41) is 2.84. The van der Waals surface area contributed by atoms with Crippen LogP contribution in [0.2, 0.25) is 0 Å². The van der Waals surface area contributed by atoms with Crippen molar-refractivity contribution in [3.63, 3.8) is 0 Å². The fourth-order valence-electron chi connectivity index (χ4n) is 2.74. The van der Waals surface area contributed by atoms with Crippen LogP contribution in [0.5, 0.6) is 0 Å². The van der Waals surface area contributed by atoms with Gasteiger partial charge in [0.25, 0.3) is 0 Å². The van der Waals surface area contributed by atoms with E-state index in [4.69, 9.17) is 4.74 Å². The highest BCUT2D eigenvalue weighted by Crippen LogP contribution is 2.38. The predicted molar refractivity (Wildman–Crippen MR) is 66.9 cm³/mol. The summed E-state index contributed by atoms with van der Waals surface area (Å²) in [6.07, 6.45) is 1.14. The Kier molecular flexibility index (Phi) is 2.41. The average molecular weight is 212 g/mol. The monoisotopic (exact) mass is 212 g/mol. The molecule has 1 heteroatoms. The van der Waals surface area contributed by atoms with Crippen LogP contribution in [-0.2, 0) is 11.2 Å². The highest BCUT2D eigenvalue weighted by molar-refractivity contribution is 5.91. The molecule has 16 heavy (non-hydrogen) atoms. The molecular formula is C15H16O. The molecule has 0 spiro atoms. The minimum absolute atomic E-state index is 0.557. The molecule has 1 aliphatic rings. The molecule has 0 aliphatic heterocycles. The van der Waals surface area contributed by atoms with Gasteiger partial charge in [0.15, 0.2) is 0 Å². The highest BCUT2D eigenvalue weighted by atomic mass is 16.5. The summed E-state index contributed by atoms with van der Waals surface area (Å²) in [4.78, 5) is 0. The van der Waals surface area contributed by atoms with Gasteiger partial charge >= 0.3 is 0 Å². The lowest BCUT2D eigenvalue weighted by atomic mass is 10.0. The Morgan fingerprint density at radius 3 is 2.81 bits per heavy atom. The van der Waals surface area contributed by atoms with Gasteiger partial charge < -0.3 is 4.74 Å². The largest absolute Gasteiger partial charge is 0.381 e. The van der Waals surface area contributed by atoms with Crippen LogP contribution in [0.4, 0.5) is 0 Å². The van der Waals surface area contributed by atoms with Crippen molar-refractivity contribution >= 4 is 10.8 Å². The van der Waals surface area contributed by atoms with Crippen LogP contribution in [-0.4, -0.2) is 13.2 Å². The molecule has 0 aromatic heterocycles. The zero-order chi connectivity index (χ0) is 11.0. The Labute approximate surface area is 96.0 Å². The van der Waals surface area contributed by atoms with Crippen molar-refractivity contribution < 1.29 is 4.74 Å². The minimum atomic E-state index is 0.557. The molecule has 1 unspecified atom stereocenters. The van der Waals surface area contributed by atoms with E-state index >= 15 is 0 Å². The van der Waals surface area contributed by atoms with Gasteiger partial charge in [-0.1, -0.05) is 36.4 Å². The first-order valence-electron chi connectivity index (χ1n) is 5.98. The smallest absolute Gasteiger partial charge is 0.0538 e. The standard InChI is InChI=1S/C15H16O/c1-2-16-10-13-9-12-7-3-5-11-6-4-8-14(13)15(11)12/h3-8,13H,2,9-10H2,1H3. The Morgan fingerprint density at radius 2 is 2.00 bits per heavy atom. The van der Waals surface area contributed by atoms with E-state index in [0.29, 0.717) is 5.92 Å². The fraction of sp³-hybridized carbons (Fsp3) is 0.333. The molecule has 3 rings (SSSR count). The number of rotatable bonds is 3. The number of ether oxygens (including phenoxy) is 1. The third kappa shape index (κ3) is 1.43. The van der Waals surface area contributed by atoms with Crippen LogP contribution in [0.3, 0.4) is 0 Å². The van der Waals surface area contributed by atoms with Crippen molar-refractivity contribution in [1.29, 1.82) is 0 Å². The number of hydrogen-bond acceptors (Lipinski definition) is 1. The SMILES string of the molecule is CCOCC1Cc2cccc3cccc1c23. The lowest BCUT2D eigenvalue weighted by molar-refractivity contribution is 0.133. The molecule has 1 aliphatic carbocycles. The Balaban J connectivity index is 2.07. The van der Waals surface area contributed by atoms with E-state index in [-0.39, 0.29) is 0 Å². The van der Waals surface area contributed by atoms with Crippen molar-refractivity contribution in [1.82, 2.24) is 0 Å². The van der Waals surface area contributed by atoms with Gasteiger partial charge in [-0.2, -0.15) is 0 Å². The van der Waals surface area contributed by atoms with Gasteiger partial charge in [-0.05, 0) is 35.2 Å². The maximum absolute atomic E-state index is 5.58. The van der Waals surface area contributed by atoms with Gasteiger partial charge in [-0.3, -0.25) is 0 Å². The average Bonchev–Trinajstić information content (AvgIpc) is 2.68. The zero-order valence-corrected chi connectivity index (χ0v) is 9.57. The fourth-order valence-corrected chi connectivity index (χ4v) is 2.74. The van der Waals surface area contributed by atoms with E-state index in [0.717, 1.165) is 19.6 Å². The molecule has 1 atom stereocenters. The van der Waals surface area contributed by atoms with Crippen molar-refractivity contribution in [3.05, 3.63) is 47.5 Å². The van der Waals surface area contributed by atoms with Crippen molar-refractivity contribution in [2.45, 2.75) is 19.3 Å². The molecule has 0 heterocycles. The van der Waals surface area contributed by atoms with Crippen LogP contribution in [0, 0.1) is 0 Å². The van der Waals surface area contributed by atoms with Gasteiger partial charge in [0.1, 0.15) is 0 Å². The van der Waals surface area contributed by atoms with Gasteiger partial charge in [-0.25, -0.2) is 0 Å². The lowest BCUT2D eigenvalue weighted by Gasteiger charge is -2.10. The normalized spacial score (nSPS) is 18.2. The van der Waals surface area contributed by atoms with Crippen LogP contribution in [0.25, 0.3) is 10.8 Å². The third-order valence-corrected chi connectivity index (χ3v) is 3.45. The number of hydrogen-bond donors (Lipinski definition) is 0. The summed E-state index contributed by atoms with van der Waals surface area (Å²) >= 11 is 0. The molecule has 2 aromatic carbocycles.